The lowest BCUT2D eigenvalue weighted by molar-refractivity contribution is -0.156. The van der Waals surface area contributed by atoms with E-state index in [1.807, 2.05) is 20.8 Å². The first-order valence-electron chi connectivity index (χ1n) is 4.55. The highest BCUT2D eigenvalue weighted by Gasteiger charge is 2.15. The molecule has 0 fully saturated rings. The monoisotopic (exact) mass is 205 g/mol. The summed E-state index contributed by atoms with van der Waals surface area (Å²) in [5.74, 6) is -0.704. The zero-order valence-corrected chi connectivity index (χ0v) is 8.95. The van der Waals surface area contributed by atoms with Crippen LogP contribution in [0, 0.1) is 0 Å². The lowest BCUT2D eigenvalue weighted by Gasteiger charge is -2.19. The fourth-order valence-electron chi connectivity index (χ4n) is 0.683. The predicted octanol–water partition coefficient (Wildman–Crippen LogP) is -0.336. The van der Waals surface area contributed by atoms with Crippen LogP contribution in [-0.2, 0) is 14.3 Å². The third-order valence-corrected chi connectivity index (χ3v) is 1.36. The molecule has 0 radical (unpaired) electrons. The molecular formula is C9H19NO4. The zero-order valence-electron chi connectivity index (χ0n) is 8.95. The topological polar surface area (TPSA) is 81.8 Å². The molecule has 5 nitrogen and oxygen atoms in total. The zero-order chi connectivity index (χ0) is 11.2. The van der Waals surface area contributed by atoms with Crippen LogP contribution in [0.1, 0.15) is 20.8 Å². The molecule has 84 valence electrons. The molecule has 0 aliphatic carbocycles. The van der Waals surface area contributed by atoms with E-state index in [4.69, 9.17) is 20.3 Å². The summed E-state index contributed by atoms with van der Waals surface area (Å²) in [4.78, 5) is 10.9. The average Bonchev–Trinajstić information content (AvgIpc) is 2.09. The van der Waals surface area contributed by atoms with E-state index in [0.717, 1.165) is 0 Å². The first-order valence-corrected chi connectivity index (χ1v) is 4.55. The van der Waals surface area contributed by atoms with Gasteiger partial charge < -0.3 is 20.3 Å². The van der Waals surface area contributed by atoms with Crippen LogP contribution >= 0.6 is 0 Å². The molecule has 0 bridgehead atoms. The van der Waals surface area contributed by atoms with E-state index in [1.54, 1.807) is 0 Å². The van der Waals surface area contributed by atoms with Crippen LogP contribution in [-0.4, -0.2) is 42.5 Å². The van der Waals surface area contributed by atoms with Crippen LogP contribution in [0.2, 0.25) is 0 Å². The van der Waals surface area contributed by atoms with Gasteiger partial charge in [-0.1, -0.05) is 0 Å². The third-order valence-electron chi connectivity index (χ3n) is 1.36. The van der Waals surface area contributed by atoms with Crippen molar-refractivity contribution >= 4 is 5.97 Å². The molecule has 0 spiro atoms. The summed E-state index contributed by atoms with van der Waals surface area (Å²) in [5, 5.41) is 8.95. The Bertz CT molecular complexity index is 176. The van der Waals surface area contributed by atoms with Crippen molar-refractivity contribution < 1.29 is 19.4 Å². The van der Waals surface area contributed by atoms with E-state index in [-0.39, 0.29) is 18.8 Å². The molecule has 0 aliphatic heterocycles. The second-order valence-corrected chi connectivity index (χ2v) is 3.88. The Morgan fingerprint density at radius 1 is 1.43 bits per heavy atom. The normalized spacial score (nSPS) is 13.8. The van der Waals surface area contributed by atoms with Gasteiger partial charge in [0.15, 0.2) is 6.10 Å². The van der Waals surface area contributed by atoms with Crippen molar-refractivity contribution in [3.63, 3.8) is 0 Å². The van der Waals surface area contributed by atoms with E-state index in [9.17, 15) is 4.79 Å². The minimum atomic E-state index is -1.23. The molecule has 14 heavy (non-hydrogen) atoms. The summed E-state index contributed by atoms with van der Waals surface area (Å²) >= 11 is 0. The molecule has 3 N–H and O–H groups in total. The summed E-state index contributed by atoms with van der Waals surface area (Å²) < 4.78 is 10.00. The summed E-state index contributed by atoms with van der Waals surface area (Å²) in [6.07, 6.45) is -1.23. The summed E-state index contributed by atoms with van der Waals surface area (Å²) in [5.41, 5.74) is 4.81. The first-order chi connectivity index (χ1) is 6.37. The molecule has 0 heterocycles. The van der Waals surface area contributed by atoms with Crippen LogP contribution in [0.15, 0.2) is 0 Å². The molecule has 5 heteroatoms. The quantitative estimate of drug-likeness (QED) is 0.474. The van der Waals surface area contributed by atoms with Crippen LogP contribution in [0.4, 0.5) is 0 Å². The molecule has 0 aromatic heterocycles. The van der Waals surface area contributed by atoms with E-state index >= 15 is 0 Å². The van der Waals surface area contributed by atoms with Crippen LogP contribution < -0.4 is 5.73 Å². The molecule has 0 saturated heterocycles. The van der Waals surface area contributed by atoms with Gasteiger partial charge in [0, 0.05) is 6.54 Å². The number of carbonyl (C=O) groups excluding carboxylic acids is 1. The highest BCUT2D eigenvalue weighted by atomic mass is 16.6. The van der Waals surface area contributed by atoms with Gasteiger partial charge in [-0.2, -0.15) is 0 Å². The lowest BCUT2D eigenvalue weighted by atomic mass is 10.2. The summed E-state index contributed by atoms with van der Waals surface area (Å²) in [7, 11) is 0. The standard InChI is InChI=1S/C9H19NO4/c1-9(2,3)14-5-4-13-8(12)7(11)6-10/h7,11H,4-6,10H2,1-3H3. The molecule has 0 rings (SSSR count). The Labute approximate surface area is 84.2 Å². The molecule has 0 saturated carbocycles. The van der Waals surface area contributed by atoms with E-state index in [2.05, 4.69) is 0 Å². The second-order valence-electron chi connectivity index (χ2n) is 3.88. The molecule has 1 unspecified atom stereocenters. The van der Waals surface area contributed by atoms with E-state index < -0.39 is 12.1 Å². The Kier molecular flexibility index (Phi) is 5.68. The highest BCUT2D eigenvalue weighted by Crippen LogP contribution is 2.05. The number of aliphatic hydroxyl groups excluding tert-OH is 1. The fraction of sp³-hybridized carbons (Fsp3) is 0.889. The number of nitrogens with two attached hydrogens (primary N) is 1. The average molecular weight is 205 g/mol. The van der Waals surface area contributed by atoms with Gasteiger partial charge in [0.05, 0.1) is 12.2 Å². The fourth-order valence-corrected chi connectivity index (χ4v) is 0.683. The van der Waals surface area contributed by atoms with Gasteiger partial charge in [0.25, 0.3) is 0 Å². The van der Waals surface area contributed by atoms with Crippen molar-refractivity contribution in [1.29, 1.82) is 0 Å². The van der Waals surface area contributed by atoms with E-state index in [1.165, 1.54) is 0 Å². The minimum absolute atomic E-state index is 0.126. The van der Waals surface area contributed by atoms with Crippen molar-refractivity contribution in [3.8, 4) is 0 Å². The van der Waals surface area contributed by atoms with Crippen LogP contribution in [0.25, 0.3) is 0 Å². The van der Waals surface area contributed by atoms with Gasteiger partial charge in [-0.05, 0) is 20.8 Å². The predicted molar refractivity (Wildman–Crippen MR) is 51.7 cm³/mol. The molecule has 1 atom stereocenters. The Morgan fingerprint density at radius 2 is 2.00 bits per heavy atom. The van der Waals surface area contributed by atoms with Crippen LogP contribution in [0.3, 0.4) is 0 Å². The van der Waals surface area contributed by atoms with Gasteiger partial charge in [-0.3, -0.25) is 0 Å². The van der Waals surface area contributed by atoms with Crippen molar-refractivity contribution in [3.05, 3.63) is 0 Å². The number of aliphatic hydroxyl groups is 1. The van der Waals surface area contributed by atoms with Crippen molar-refractivity contribution in [1.82, 2.24) is 0 Å². The Balaban J connectivity index is 3.51. The summed E-state index contributed by atoms with van der Waals surface area (Å²) in [6.45, 7) is 6.04. The Morgan fingerprint density at radius 3 is 2.43 bits per heavy atom. The molecule has 0 aliphatic rings. The summed E-state index contributed by atoms with van der Waals surface area (Å²) in [6, 6.07) is 0. The number of carbonyl (C=O) groups is 1. The maximum absolute atomic E-state index is 10.9. The smallest absolute Gasteiger partial charge is 0.336 e. The number of esters is 1. The largest absolute Gasteiger partial charge is 0.461 e. The SMILES string of the molecule is CC(C)(C)OCCOC(=O)C(O)CN. The van der Waals surface area contributed by atoms with Gasteiger partial charge in [0.1, 0.15) is 6.61 Å². The number of rotatable bonds is 5. The maximum Gasteiger partial charge on any atom is 0.336 e. The van der Waals surface area contributed by atoms with Crippen molar-refractivity contribution in [2.75, 3.05) is 19.8 Å². The second kappa shape index (κ2) is 5.95. The third kappa shape index (κ3) is 6.82. The van der Waals surface area contributed by atoms with E-state index in [0.29, 0.717) is 6.61 Å². The van der Waals surface area contributed by atoms with Crippen molar-refractivity contribution in [2.45, 2.75) is 32.5 Å². The number of ether oxygens (including phenoxy) is 2. The van der Waals surface area contributed by atoms with Gasteiger partial charge in [-0.15, -0.1) is 0 Å². The minimum Gasteiger partial charge on any atom is -0.461 e. The Hall–Kier alpha value is -0.650. The molecule has 0 aromatic rings. The van der Waals surface area contributed by atoms with Crippen LogP contribution in [0.5, 0.6) is 0 Å². The number of hydrogen-bond donors (Lipinski definition) is 2. The molecule has 0 aromatic carbocycles. The highest BCUT2D eigenvalue weighted by molar-refractivity contribution is 5.74. The lowest BCUT2D eigenvalue weighted by Crippen LogP contribution is -2.32. The van der Waals surface area contributed by atoms with Crippen molar-refractivity contribution in [2.24, 2.45) is 5.73 Å². The maximum atomic E-state index is 10.9. The van der Waals surface area contributed by atoms with Gasteiger partial charge >= 0.3 is 5.97 Å². The molecule has 0 amide bonds. The number of hydrogen-bond acceptors (Lipinski definition) is 5. The molecular weight excluding hydrogens is 186 g/mol. The van der Waals surface area contributed by atoms with Gasteiger partial charge in [0.2, 0.25) is 0 Å². The first kappa shape index (κ1) is 13.4. The van der Waals surface area contributed by atoms with Gasteiger partial charge in [-0.25, -0.2) is 4.79 Å².